The third kappa shape index (κ3) is 4.34. The van der Waals surface area contributed by atoms with Crippen LogP contribution in [0, 0.1) is 0 Å². The van der Waals surface area contributed by atoms with Crippen molar-refractivity contribution >= 4 is 42.6 Å². The molecule has 2 saturated heterocycles. The molecule has 2 amide bonds. The van der Waals surface area contributed by atoms with Gasteiger partial charge < -0.3 is 24.8 Å². The van der Waals surface area contributed by atoms with E-state index in [9.17, 15) is 19.5 Å². The number of ether oxygens (including phenoxy) is 2. The lowest BCUT2D eigenvalue weighted by atomic mass is 9.49. The SMILES string of the molecule is CN1CC[C@]23c4c5ccc(OC(=O)NCC(=O)NN6CCCCCC6)c4O[C@H]2C(=O)CC[C@@]3(O)[C@H]1C5.Cl.Cl. The summed E-state index contributed by atoms with van der Waals surface area (Å²) < 4.78 is 11.8. The molecule has 5 aliphatic rings. The van der Waals surface area contributed by atoms with Gasteiger partial charge in [0.15, 0.2) is 23.4 Å². The predicted octanol–water partition coefficient (Wildman–Crippen LogP) is 1.88. The molecule has 210 valence electrons. The number of hydrogen-bond acceptors (Lipinski definition) is 8. The number of hydrazine groups is 1. The highest BCUT2D eigenvalue weighted by Crippen LogP contribution is 2.64. The van der Waals surface area contributed by atoms with Crippen molar-refractivity contribution in [1.29, 1.82) is 0 Å². The number of nitrogens with zero attached hydrogens (tertiary/aromatic N) is 2. The van der Waals surface area contributed by atoms with Gasteiger partial charge in [0.05, 0.1) is 11.0 Å². The van der Waals surface area contributed by atoms with E-state index in [1.165, 1.54) is 0 Å². The molecule has 0 aromatic heterocycles. The summed E-state index contributed by atoms with van der Waals surface area (Å²) in [6, 6.07) is 3.50. The molecule has 2 bridgehead atoms. The molecule has 1 saturated carbocycles. The first-order valence-electron chi connectivity index (χ1n) is 13.1. The summed E-state index contributed by atoms with van der Waals surface area (Å²) in [6.07, 6.45) is 4.73. The quantitative estimate of drug-likeness (QED) is 0.502. The largest absolute Gasteiger partial charge is 0.477 e. The van der Waals surface area contributed by atoms with Gasteiger partial charge in [0.25, 0.3) is 5.91 Å². The van der Waals surface area contributed by atoms with Gasteiger partial charge in [0.1, 0.15) is 6.54 Å². The van der Waals surface area contributed by atoms with Crippen LogP contribution < -0.4 is 20.2 Å². The van der Waals surface area contributed by atoms with E-state index in [0.29, 0.717) is 25.0 Å². The van der Waals surface area contributed by atoms with Gasteiger partial charge in [0.2, 0.25) is 0 Å². The molecule has 3 N–H and O–H groups in total. The molecule has 38 heavy (non-hydrogen) atoms. The maximum Gasteiger partial charge on any atom is 0.413 e. The molecule has 3 heterocycles. The Morgan fingerprint density at radius 1 is 1.13 bits per heavy atom. The maximum absolute atomic E-state index is 13.0. The second-order valence-corrected chi connectivity index (χ2v) is 10.9. The van der Waals surface area contributed by atoms with Gasteiger partial charge in [-0.3, -0.25) is 15.0 Å². The molecule has 10 nitrogen and oxygen atoms in total. The smallest absolute Gasteiger partial charge is 0.413 e. The standard InChI is InChI=1S/C26H34N4O6.2ClH/c1-29-13-10-25-21-16-6-7-18(22(21)36-23(25)17(31)8-9-26(25,34)19(29)14-16)35-24(33)27-15-20(32)28-30-11-4-2-3-5-12-30;;/h6-7,19,23,34H,2-5,8-15H2,1H3,(H,27,33)(H,28,32);2*1H/t19-,23+,25+,26-;;/m1../s1. The number of nitrogens with one attached hydrogen (secondary N) is 2. The average Bonchev–Trinajstić information content (AvgIpc) is 3.01. The highest BCUT2D eigenvalue weighted by atomic mass is 35.5. The Balaban J connectivity index is 0.00000168. The Bertz CT molecular complexity index is 1110. The van der Waals surface area contributed by atoms with Crippen molar-refractivity contribution < 1.29 is 29.0 Å². The molecule has 1 aromatic carbocycles. The van der Waals surface area contributed by atoms with Gasteiger partial charge in [-0.05, 0) is 57.3 Å². The second kappa shape index (κ2) is 10.8. The summed E-state index contributed by atoms with van der Waals surface area (Å²) >= 11 is 0. The molecule has 3 aliphatic heterocycles. The predicted molar refractivity (Wildman–Crippen MR) is 143 cm³/mol. The highest BCUT2D eigenvalue weighted by Gasteiger charge is 2.72. The normalized spacial score (nSPS) is 31.5. The molecule has 2 aliphatic carbocycles. The number of amides is 2. The molecular formula is C26H36Cl2N4O6. The number of likely N-dealkylation sites (N-methyl/N-ethyl adjacent to an activating group) is 1. The van der Waals surface area contributed by atoms with Crippen LogP contribution >= 0.6 is 24.8 Å². The fraction of sp³-hybridized carbons (Fsp3) is 0.654. The van der Waals surface area contributed by atoms with Crippen LogP contribution in [0.4, 0.5) is 4.79 Å². The Hall–Kier alpha value is -2.11. The van der Waals surface area contributed by atoms with Crippen molar-refractivity contribution in [1.82, 2.24) is 20.7 Å². The number of piperidine rings is 1. The highest BCUT2D eigenvalue weighted by molar-refractivity contribution is 5.90. The number of rotatable bonds is 4. The number of aliphatic hydroxyl groups is 1. The molecular weight excluding hydrogens is 535 g/mol. The summed E-state index contributed by atoms with van der Waals surface area (Å²) in [7, 11) is 2.02. The van der Waals surface area contributed by atoms with E-state index in [4.69, 9.17) is 9.47 Å². The summed E-state index contributed by atoms with van der Waals surface area (Å²) in [5.74, 6) is 0.249. The minimum Gasteiger partial charge on any atom is -0.477 e. The fourth-order valence-corrected chi connectivity index (χ4v) is 7.29. The topological polar surface area (TPSA) is 120 Å². The molecule has 0 radical (unpaired) electrons. The van der Waals surface area contributed by atoms with Gasteiger partial charge in [-0.1, -0.05) is 18.9 Å². The number of hydrogen-bond donors (Lipinski definition) is 3. The van der Waals surface area contributed by atoms with Crippen molar-refractivity contribution in [3.8, 4) is 11.5 Å². The minimum atomic E-state index is -1.08. The molecule has 12 heteroatoms. The fourth-order valence-electron chi connectivity index (χ4n) is 7.29. The number of benzene rings is 1. The first-order valence-corrected chi connectivity index (χ1v) is 13.1. The Kier molecular flexibility index (Phi) is 8.22. The van der Waals surface area contributed by atoms with E-state index in [-0.39, 0.29) is 61.3 Å². The lowest BCUT2D eigenvalue weighted by Gasteiger charge is -2.61. The lowest BCUT2D eigenvalue weighted by Crippen LogP contribution is -2.76. The maximum atomic E-state index is 13.0. The Morgan fingerprint density at radius 3 is 2.61 bits per heavy atom. The van der Waals surface area contributed by atoms with Crippen molar-refractivity contribution in [2.24, 2.45) is 0 Å². The summed E-state index contributed by atoms with van der Waals surface area (Å²) in [5.41, 5.74) is 2.77. The number of halogens is 2. The van der Waals surface area contributed by atoms with Gasteiger partial charge in [0, 0.05) is 31.1 Å². The Labute approximate surface area is 234 Å². The van der Waals surface area contributed by atoms with E-state index in [2.05, 4.69) is 15.6 Å². The van der Waals surface area contributed by atoms with Crippen LogP contribution in [0.5, 0.6) is 11.5 Å². The zero-order valence-corrected chi connectivity index (χ0v) is 23.1. The average molecular weight is 572 g/mol. The summed E-state index contributed by atoms with van der Waals surface area (Å²) in [4.78, 5) is 40.2. The van der Waals surface area contributed by atoms with Crippen molar-refractivity contribution in [3.63, 3.8) is 0 Å². The van der Waals surface area contributed by atoms with Crippen LogP contribution in [0.25, 0.3) is 0 Å². The molecule has 4 atom stereocenters. The van der Waals surface area contributed by atoms with Crippen LogP contribution in [0.15, 0.2) is 12.1 Å². The van der Waals surface area contributed by atoms with Crippen LogP contribution in [-0.2, 0) is 21.4 Å². The van der Waals surface area contributed by atoms with E-state index in [1.54, 1.807) is 6.07 Å². The van der Waals surface area contributed by atoms with Crippen LogP contribution in [0.1, 0.15) is 56.1 Å². The molecule has 1 spiro atoms. The molecule has 3 fully saturated rings. The van der Waals surface area contributed by atoms with E-state index >= 15 is 0 Å². The van der Waals surface area contributed by atoms with E-state index in [0.717, 1.165) is 56.4 Å². The first kappa shape index (κ1) is 28.9. The van der Waals surface area contributed by atoms with Gasteiger partial charge >= 0.3 is 6.09 Å². The van der Waals surface area contributed by atoms with Gasteiger partial charge in [-0.25, -0.2) is 9.80 Å². The van der Waals surface area contributed by atoms with Crippen molar-refractivity contribution in [2.45, 2.75) is 74.5 Å². The van der Waals surface area contributed by atoms with E-state index < -0.39 is 23.2 Å². The van der Waals surface area contributed by atoms with Gasteiger partial charge in [-0.15, -0.1) is 24.8 Å². The number of carbonyl (C=O) groups excluding carboxylic acids is 3. The Morgan fingerprint density at radius 2 is 1.87 bits per heavy atom. The van der Waals surface area contributed by atoms with Gasteiger partial charge in [-0.2, -0.15) is 0 Å². The summed E-state index contributed by atoms with van der Waals surface area (Å²) in [5, 5.41) is 16.4. The van der Waals surface area contributed by atoms with Crippen molar-refractivity contribution in [2.75, 3.05) is 33.2 Å². The third-order valence-electron chi connectivity index (χ3n) is 9.00. The van der Waals surface area contributed by atoms with E-state index in [1.807, 2.05) is 18.1 Å². The van der Waals surface area contributed by atoms with Crippen LogP contribution in [0.3, 0.4) is 0 Å². The van der Waals surface area contributed by atoms with Crippen LogP contribution in [-0.4, -0.2) is 83.8 Å². The summed E-state index contributed by atoms with van der Waals surface area (Å²) in [6.45, 7) is 2.14. The minimum absolute atomic E-state index is 0. The third-order valence-corrected chi connectivity index (χ3v) is 9.00. The molecule has 1 aromatic rings. The second-order valence-electron chi connectivity index (χ2n) is 10.9. The zero-order chi connectivity index (χ0) is 25.1. The van der Waals surface area contributed by atoms with Crippen LogP contribution in [0.2, 0.25) is 0 Å². The monoisotopic (exact) mass is 570 g/mol. The molecule has 0 unspecified atom stereocenters. The first-order chi connectivity index (χ1) is 17.3. The number of Topliss-reactive ketones (excluding diaryl/α,β-unsaturated/α-hetero) is 1. The zero-order valence-electron chi connectivity index (χ0n) is 21.5. The number of carbonyl (C=O) groups is 3. The van der Waals surface area contributed by atoms with Crippen molar-refractivity contribution in [3.05, 3.63) is 23.3 Å². The number of likely N-dealkylation sites (tertiary alicyclic amines) is 1. The number of ketones is 1. The molecule has 6 rings (SSSR count). The lowest BCUT2D eigenvalue weighted by molar-refractivity contribution is -0.185.